The summed E-state index contributed by atoms with van der Waals surface area (Å²) in [4.78, 5) is 0. The van der Waals surface area contributed by atoms with Crippen molar-refractivity contribution >= 4 is 39.0 Å². The van der Waals surface area contributed by atoms with E-state index in [4.69, 9.17) is 12.2 Å². The summed E-state index contributed by atoms with van der Waals surface area (Å²) in [5.41, 5.74) is 0. The van der Waals surface area contributed by atoms with Crippen LogP contribution in [0.2, 0.25) is 31.0 Å². The van der Waals surface area contributed by atoms with Crippen LogP contribution in [0, 0.1) is 5.92 Å². The topological polar surface area (TPSA) is 0 Å². The van der Waals surface area contributed by atoms with Gasteiger partial charge >= 0.3 is 108 Å². The first kappa shape index (κ1) is 13.9. The number of hydrogen-bond acceptors (Lipinski definition) is 1. The molecule has 1 rings (SSSR count). The van der Waals surface area contributed by atoms with Crippen LogP contribution in [0.25, 0.3) is 0 Å². The molecule has 0 heterocycles. The van der Waals surface area contributed by atoms with Crippen molar-refractivity contribution in [1.82, 2.24) is 0 Å². The zero-order chi connectivity index (χ0) is 11.3. The minimum absolute atomic E-state index is 0.664. The Labute approximate surface area is 108 Å². The summed E-state index contributed by atoms with van der Waals surface area (Å²) in [5.74, 6) is 0.829. The van der Waals surface area contributed by atoms with Gasteiger partial charge in [0.1, 0.15) is 0 Å². The molecule has 3 heteroatoms. The van der Waals surface area contributed by atoms with E-state index >= 15 is 0 Å². The normalized spacial score (nSPS) is 19.1. The van der Waals surface area contributed by atoms with E-state index in [-0.39, 0.29) is 0 Å². The molecule has 0 spiro atoms. The monoisotopic (exact) mass is 308 g/mol. The molecule has 1 fully saturated rings. The summed E-state index contributed by atoms with van der Waals surface area (Å²) in [6.07, 6.45) is 7.09. The van der Waals surface area contributed by atoms with Gasteiger partial charge in [-0.3, -0.25) is 0 Å². The van der Waals surface area contributed by atoms with Gasteiger partial charge in [0, 0.05) is 0 Å². The fourth-order valence-corrected chi connectivity index (χ4v) is 9.21. The van der Waals surface area contributed by atoms with Gasteiger partial charge in [-0.05, 0) is 0 Å². The molecule has 0 atom stereocenters. The maximum absolute atomic E-state index is 5.61. The Hall–Kier alpha value is 0.826. The van der Waals surface area contributed by atoms with Gasteiger partial charge in [-0.25, -0.2) is 0 Å². The molecule has 0 bridgehead atoms. The van der Waals surface area contributed by atoms with Gasteiger partial charge in [-0.1, -0.05) is 0 Å². The standard InChI is InChI=1S/C12H24SSeSi/c1-15(2,3)10-9-14-12(13)11-7-5-4-6-8-11/h11H,4-10H2,1-3H3. The van der Waals surface area contributed by atoms with Crippen molar-refractivity contribution in [2.24, 2.45) is 5.92 Å². The van der Waals surface area contributed by atoms with E-state index in [1.54, 1.807) is 0 Å². The van der Waals surface area contributed by atoms with Crippen molar-refractivity contribution in [2.45, 2.75) is 63.1 Å². The van der Waals surface area contributed by atoms with E-state index in [1.807, 2.05) is 0 Å². The van der Waals surface area contributed by atoms with Gasteiger partial charge in [0.25, 0.3) is 0 Å². The Morgan fingerprint density at radius 1 is 1.20 bits per heavy atom. The first-order chi connectivity index (χ1) is 6.99. The van der Waals surface area contributed by atoms with Crippen molar-refractivity contribution in [3.63, 3.8) is 0 Å². The van der Waals surface area contributed by atoms with Gasteiger partial charge in [0.05, 0.1) is 0 Å². The van der Waals surface area contributed by atoms with Crippen LogP contribution in [0.4, 0.5) is 0 Å². The Morgan fingerprint density at radius 2 is 1.80 bits per heavy atom. The van der Waals surface area contributed by atoms with Crippen molar-refractivity contribution < 1.29 is 0 Å². The molecular weight excluding hydrogens is 283 g/mol. The summed E-state index contributed by atoms with van der Waals surface area (Å²) < 4.78 is 1.46. The predicted molar refractivity (Wildman–Crippen MR) is 77.9 cm³/mol. The first-order valence-electron chi connectivity index (χ1n) is 6.16. The van der Waals surface area contributed by atoms with Gasteiger partial charge in [-0.15, -0.1) is 0 Å². The third-order valence-electron chi connectivity index (χ3n) is 3.03. The van der Waals surface area contributed by atoms with Crippen LogP contribution in [0.1, 0.15) is 32.1 Å². The molecular formula is C12H24SSeSi. The molecule has 0 aromatic heterocycles. The number of thiocarbonyl (C=S) groups is 1. The third kappa shape index (κ3) is 6.21. The van der Waals surface area contributed by atoms with Crippen molar-refractivity contribution in [3.8, 4) is 0 Å². The Kier molecular flexibility index (Phi) is 6.05. The van der Waals surface area contributed by atoms with Gasteiger partial charge in [0.2, 0.25) is 0 Å². The fraction of sp³-hybridized carbons (Fsp3) is 0.917. The Bertz CT molecular complexity index is 204. The fourth-order valence-electron chi connectivity index (χ4n) is 1.91. The third-order valence-corrected chi connectivity index (χ3v) is 8.69. The molecule has 0 unspecified atom stereocenters. The molecule has 0 saturated heterocycles. The van der Waals surface area contributed by atoms with E-state index < -0.39 is 8.07 Å². The van der Waals surface area contributed by atoms with Crippen molar-refractivity contribution in [2.75, 3.05) is 0 Å². The molecule has 1 aliphatic rings. The van der Waals surface area contributed by atoms with Crippen molar-refractivity contribution in [3.05, 3.63) is 0 Å². The van der Waals surface area contributed by atoms with E-state index in [0.29, 0.717) is 15.0 Å². The SMILES string of the molecule is C[Si](C)(C)CC[Se]C(=S)C1CCCCC1. The Balaban J connectivity index is 2.17. The van der Waals surface area contributed by atoms with Crippen LogP contribution in [0.3, 0.4) is 0 Å². The van der Waals surface area contributed by atoms with Crippen LogP contribution in [-0.2, 0) is 0 Å². The summed E-state index contributed by atoms with van der Waals surface area (Å²) in [6, 6.07) is 1.47. The van der Waals surface area contributed by atoms with E-state index in [2.05, 4.69) is 19.6 Å². The second-order valence-corrected chi connectivity index (χ2v) is 14.8. The second-order valence-electron chi connectivity index (χ2n) is 5.81. The Morgan fingerprint density at radius 3 is 2.33 bits per heavy atom. The molecule has 0 nitrogen and oxygen atoms in total. The molecule has 0 radical (unpaired) electrons. The quantitative estimate of drug-likeness (QED) is 0.537. The zero-order valence-electron chi connectivity index (χ0n) is 10.3. The molecule has 0 aromatic rings. The van der Waals surface area contributed by atoms with Crippen LogP contribution >= 0.6 is 12.2 Å². The zero-order valence-corrected chi connectivity index (χ0v) is 13.9. The van der Waals surface area contributed by atoms with Gasteiger partial charge < -0.3 is 0 Å². The van der Waals surface area contributed by atoms with Crippen LogP contribution in [0.15, 0.2) is 0 Å². The summed E-state index contributed by atoms with van der Waals surface area (Å²) >= 11 is 6.27. The molecule has 0 aromatic carbocycles. The number of hydrogen-bond donors (Lipinski definition) is 0. The van der Waals surface area contributed by atoms with E-state index in [0.717, 1.165) is 5.92 Å². The van der Waals surface area contributed by atoms with E-state index in [1.165, 1.54) is 47.2 Å². The predicted octanol–water partition coefficient (Wildman–Crippen LogP) is 4.35. The number of rotatable bonds is 5. The molecule has 0 amide bonds. The average Bonchev–Trinajstić information content (AvgIpc) is 2.17. The van der Waals surface area contributed by atoms with Crippen LogP contribution in [-0.4, -0.2) is 26.8 Å². The maximum atomic E-state index is 5.61. The molecule has 1 aliphatic carbocycles. The summed E-state index contributed by atoms with van der Waals surface area (Å²) in [5, 5.41) is 1.41. The van der Waals surface area contributed by atoms with Crippen molar-refractivity contribution in [1.29, 1.82) is 0 Å². The summed E-state index contributed by atoms with van der Waals surface area (Å²) in [7, 11) is -0.818. The molecule has 88 valence electrons. The first-order valence-corrected chi connectivity index (χ1v) is 12.3. The molecule has 0 aliphatic heterocycles. The van der Waals surface area contributed by atoms with Crippen LogP contribution < -0.4 is 0 Å². The molecule has 0 N–H and O–H groups in total. The van der Waals surface area contributed by atoms with Gasteiger partial charge in [-0.2, -0.15) is 0 Å². The van der Waals surface area contributed by atoms with Crippen LogP contribution in [0.5, 0.6) is 0 Å². The van der Waals surface area contributed by atoms with E-state index in [9.17, 15) is 0 Å². The average molecular weight is 307 g/mol. The molecule has 15 heavy (non-hydrogen) atoms. The second kappa shape index (κ2) is 6.53. The summed E-state index contributed by atoms with van der Waals surface area (Å²) in [6.45, 7) is 7.40. The minimum atomic E-state index is -0.818. The molecule has 1 saturated carbocycles. The van der Waals surface area contributed by atoms with Gasteiger partial charge in [0.15, 0.2) is 0 Å².